The van der Waals surface area contributed by atoms with Gasteiger partial charge in [0.15, 0.2) is 5.13 Å². The minimum Gasteiger partial charge on any atom is -0.367 e. The molecule has 9 heteroatoms. The Morgan fingerprint density at radius 3 is 2.80 bits per heavy atom. The van der Waals surface area contributed by atoms with Gasteiger partial charge in [-0.15, -0.1) is 11.3 Å². The van der Waals surface area contributed by atoms with E-state index in [-0.39, 0.29) is 5.17 Å². The fourth-order valence-corrected chi connectivity index (χ4v) is 4.16. The quantitative estimate of drug-likeness (QED) is 0.409. The number of para-hydroxylation sites is 1. The van der Waals surface area contributed by atoms with Gasteiger partial charge in [-0.25, -0.2) is 4.98 Å². The van der Waals surface area contributed by atoms with Crippen molar-refractivity contribution in [3.8, 4) is 0 Å². The molecule has 2 aromatic heterocycles. The van der Waals surface area contributed by atoms with Crippen LogP contribution in [-0.4, -0.2) is 41.3 Å². The summed E-state index contributed by atoms with van der Waals surface area (Å²) in [6.07, 6.45) is 3.62. The summed E-state index contributed by atoms with van der Waals surface area (Å²) in [7, 11) is 0. The van der Waals surface area contributed by atoms with E-state index in [9.17, 15) is 0 Å². The molecule has 0 spiro atoms. The summed E-state index contributed by atoms with van der Waals surface area (Å²) in [6.45, 7) is 7.99. The molecular formula is C21H22ClN7S. The Bertz CT molecular complexity index is 1060. The van der Waals surface area contributed by atoms with Crippen LogP contribution in [0.2, 0.25) is 0 Å². The van der Waals surface area contributed by atoms with Gasteiger partial charge >= 0.3 is 0 Å². The number of thiazole rings is 1. The molecule has 0 saturated carbocycles. The number of benzene rings is 1. The largest absolute Gasteiger partial charge is 0.367 e. The van der Waals surface area contributed by atoms with Gasteiger partial charge in [0.05, 0.1) is 34.6 Å². The fourth-order valence-electron chi connectivity index (χ4n) is 3.26. The number of pyridine rings is 1. The van der Waals surface area contributed by atoms with Crippen LogP contribution in [0.15, 0.2) is 54.7 Å². The van der Waals surface area contributed by atoms with Crippen LogP contribution < -0.4 is 20.9 Å². The predicted octanol–water partition coefficient (Wildman–Crippen LogP) is 4.34. The summed E-state index contributed by atoms with van der Waals surface area (Å²) in [6, 6.07) is 9.43. The van der Waals surface area contributed by atoms with Gasteiger partial charge in [0.25, 0.3) is 0 Å². The first-order chi connectivity index (χ1) is 14.6. The Balaban J connectivity index is 1.49. The summed E-state index contributed by atoms with van der Waals surface area (Å²) in [4.78, 5) is 11.2. The molecule has 154 valence electrons. The van der Waals surface area contributed by atoms with E-state index in [0.29, 0.717) is 16.4 Å². The summed E-state index contributed by atoms with van der Waals surface area (Å²) in [5, 5.41) is 20.3. The molecule has 7 nitrogen and oxygen atoms in total. The summed E-state index contributed by atoms with van der Waals surface area (Å²) in [5.41, 5.74) is 4.83. The highest BCUT2D eigenvalue weighted by Gasteiger charge is 2.16. The van der Waals surface area contributed by atoms with Gasteiger partial charge in [0.2, 0.25) is 0 Å². The lowest BCUT2D eigenvalue weighted by Crippen LogP contribution is -2.43. The van der Waals surface area contributed by atoms with E-state index in [4.69, 9.17) is 17.0 Å². The van der Waals surface area contributed by atoms with Crippen molar-refractivity contribution in [3.63, 3.8) is 0 Å². The highest BCUT2D eigenvalue weighted by Crippen LogP contribution is 2.30. The number of hydrogen-bond acceptors (Lipinski definition) is 8. The Hall–Kier alpha value is -2.94. The van der Waals surface area contributed by atoms with Gasteiger partial charge in [0, 0.05) is 43.3 Å². The number of nitrogens with one attached hydrogen (secondary N) is 4. The maximum absolute atomic E-state index is 7.72. The zero-order valence-electron chi connectivity index (χ0n) is 16.3. The number of rotatable bonds is 7. The third-order valence-electron chi connectivity index (χ3n) is 4.76. The zero-order valence-corrected chi connectivity index (χ0v) is 17.9. The van der Waals surface area contributed by atoms with Gasteiger partial charge in [-0.1, -0.05) is 30.3 Å². The average Bonchev–Trinajstić information content (AvgIpc) is 3.24. The van der Waals surface area contributed by atoms with Gasteiger partial charge in [-0.05, 0) is 18.2 Å². The monoisotopic (exact) mass is 439 g/mol. The second-order valence-electron chi connectivity index (χ2n) is 6.76. The van der Waals surface area contributed by atoms with Crippen molar-refractivity contribution >= 4 is 56.0 Å². The molecule has 30 heavy (non-hydrogen) atoms. The fraction of sp³-hybridized carbons (Fsp3) is 0.190. The lowest BCUT2D eigenvalue weighted by atomic mass is 10.2. The van der Waals surface area contributed by atoms with Crippen molar-refractivity contribution in [2.75, 3.05) is 41.7 Å². The maximum atomic E-state index is 7.72. The molecule has 0 unspecified atom stereocenters. The van der Waals surface area contributed by atoms with Gasteiger partial charge in [0.1, 0.15) is 5.17 Å². The van der Waals surface area contributed by atoms with Crippen LogP contribution in [-0.2, 0) is 0 Å². The molecule has 0 radical (unpaired) electrons. The molecule has 1 saturated heterocycles. The van der Waals surface area contributed by atoms with Crippen LogP contribution in [0.25, 0.3) is 5.70 Å². The summed E-state index contributed by atoms with van der Waals surface area (Å²) in [5.74, 6) is 0. The smallest absolute Gasteiger partial charge is 0.187 e. The van der Waals surface area contributed by atoms with Crippen LogP contribution in [0, 0.1) is 5.41 Å². The van der Waals surface area contributed by atoms with Crippen LogP contribution >= 0.6 is 22.9 Å². The van der Waals surface area contributed by atoms with Gasteiger partial charge in [-0.2, -0.15) is 0 Å². The molecule has 1 aliphatic heterocycles. The summed E-state index contributed by atoms with van der Waals surface area (Å²) < 4.78 is 0. The van der Waals surface area contributed by atoms with Gasteiger partial charge < -0.3 is 20.9 Å². The molecule has 3 heterocycles. The molecular weight excluding hydrogens is 418 g/mol. The number of nitrogens with zero attached hydrogens (tertiary/aromatic N) is 3. The molecule has 1 aromatic carbocycles. The third-order valence-corrected chi connectivity index (χ3v) is 5.72. The van der Waals surface area contributed by atoms with Crippen molar-refractivity contribution in [3.05, 3.63) is 65.9 Å². The van der Waals surface area contributed by atoms with E-state index in [0.717, 1.165) is 48.9 Å². The van der Waals surface area contributed by atoms with Crippen LogP contribution in [0.5, 0.6) is 0 Å². The van der Waals surface area contributed by atoms with Crippen molar-refractivity contribution in [1.82, 2.24) is 15.3 Å². The highest BCUT2D eigenvalue weighted by molar-refractivity contribution is 7.13. The van der Waals surface area contributed by atoms with Crippen molar-refractivity contribution in [2.45, 2.75) is 0 Å². The van der Waals surface area contributed by atoms with E-state index in [1.807, 2.05) is 42.0 Å². The standard InChI is InChI=1S/C21H22ClN7S/c1-14(26-17-12-25-7-6-19(17)29-10-8-24-9-11-29)18-13-30-21(28-18)27-16-5-3-2-4-15(16)20(22)23/h2-7,12-13,23-24,26H,1,8-11H2,(H,27,28). The van der Waals surface area contributed by atoms with Crippen molar-refractivity contribution in [1.29, 1.82) is 5.41 Å². The SMILES string of the molecule is C=C(Nc1cnccc1N1CCNCC1)c1csc(Nc2ccccc2C(=N)Cl)n1. The maximum Gasteiger partial charge on any atom is 0.187 e. The van der Waals surface area contributed by atoms with Gasteiger partial charge in [-0.3, -0.25) is 10.4 Å². The molecule has 0 amide bonds. The minimum absolute atomic E-state index is 0.0158. The second-order valence-corrected chi connectivity index (χ2v) is 7.99. The molecule has 3 aromatic rings. The normalized spacial score (nSPS) is 13.7. The summed E-state index contributed by atoms with van der Waals surface area (Å²) >= 11 is 7.35. The highest BCUT2D eigenvalue weighted by atomic mass is 35.5. The number of halogens is 1. The molecule has 1 aliphatic rings. The Morgan fingerprint density at radius 1 is 1.20 bits per heavy atom. The third kappa shape index (κ3) is 4.62. The van der Waals surface area contributed by atoms with E-state index < -0.39 is 0 Å². The lowest BCUT2D eigenvalue weighted by Gasteiger charge is -2.31. The van der Waals surface area contributed by atoms with E-state index in [1.54, 1.807) is 6.07 Å². The van der Waals surface area contributed by atoms with Crippen LogP contribution in [0.3, 0.4) is 0 Å². The van der Waals surface area contributed by atoms with Crippen molar-refractivity contribution in [2.24, 2.45) is 0 Å². The Morgan fingerprint density at radius 2 is 2.00 bits per heavy atom. The number of aromatic nitrogens is 2. The molecule has 4 rings (SSSR count). The molecule has 0 aliphatic carbocycles. The first-order valence-electron chi connectivity index (χ1n) is 9.54. The number of hydrogen-bond donors (Lipinski definition) is 4. The number of anilines is 4. The van der Waals surface area contributed by atoms with Crippen molar-refractivity contribution < 1.29 is 0 Å². The first-order valence-corrected chi connectivity index (χ1v) is 10.8. The Kier molecular flexibility index (Phi) is 6.27. The zero-order chi connectivity index (χ0) is 20.9. The van der Waals surface area contributed by atoms with Crippen LogP contribution in [0.1, 0.15) is 11.3 Å². The van der Waals surface area contributed by atoms with E-state index in [2.05, 4.69) is 37.4 Å². The average molecular weight is 440 g/mol. The lowest BCUT2D eigenvalue weighted by molar-refractivity contribution is 0.589. The Labute approximate surface area is 184 Å². The van der Waals surface area contributed by atoms with E-state index >= 15 is 0 Å². The molecule has 4 N–H and O–H groups in total. The van der Waals surface area contributed by atoms with E-state index in [1.165, 1.54) is 11.3 Å². The molecule has 1 fully saturated rings. The van der Waals surface area contributed by atoms with Crippen LogP contribution in [0.4, 0.5) is 22.2 Å². The second kappa shape index (κ2) is 9.25. The molecule has 0 atom stereocenters. The first kappa shape index (κ1) is 20.3. The predicted molar refractivity (Wildman–Crippen MR) is 126 cm³/mol. The minimum atomic E-state index is -0.0158. The number of piperazine rings is 1. The topological polar surface area (TPSA) is 89.0 Å². The molecule has 0 bridgehead atoms.